The molecule has 0 aromatic heterocycles. The third-order valence-electron chi connectivity index (χ3n) is 4.61. The van der Waals surface area contributed by atoms with Gasteiger partial charge in [0.05, 0.1) is 0 Å². The van der Waals surface area contributed by atoms with E-state index in [1.165, 1.54) is 18.5 Å². The van der Waals surface area contributed by atoms with Crippen LogP contribution in [0.4, 0.5) is 17.1 Å². The van der Waals surface area contributed by atoms with Gasteiger partial charge in [-0.2, -0.15) is 0 Å². The quantitative estimate of drug-likeness (QED) is 0.804. The normalized spacial score (nSPS) is 13.5. The summed E-state index contributed by atoms with van der Waals surface area (Å²) in [7, 11) is 0. The average Bonchev–Trinajstić information content (AvgIpc) is 3.13. The Morgan fingerprint density at radius 2 is 1.58 bits per heavy atom. The summed E-state index contributed by atoms with van der Waals surface area (Å²) in [5.41, 5.74) is 4.67. The zero-order valence-electron chi connectivity index (χ0n) is 15.3. The predicted octanol–water partition coefficient (Wildman–Crippen LogP) is 3.87. The average molecular weight is 351 g/mol. The largest absolute Gasteiger partial charge is 0.372 e. The molecular formula is C21H25N3O2. The first kappa shape index (κ1) is 18.0. The molecule has 1 fully saturated rings. The number of carbonyl (C=O) groups excluding carboxylic acids is 2. The molecular weight excluding hydrogens is 326 g/mol. The Hall–Kier alpha value is -2.82. The van der Waals surface area contributed by atoms with Gasteiger partial charge in [0.2, 0.25) is 11.8 Å². The minimum Gasteiger partial charge on any atom is -0.372 e. The second-order valence-electron chi connectivity index (χ2n) is 6.83. The molecule has 5 nitrogen and oxygen atoms in total. The number of carbonyl (C=O) groups is 2. The van der Waals surface area contributed by atoms with E-state index in [9.17, 15) is 9.59 Å². The van der Waals surface area contributed by atoms with Gasteiger partial charge in [-0.05, 0) is 68.1 Å². The van der Waals surface area contributed by atoms with Crippen molar-refractivity contribution in [1.82, 2.24) is 0 Å². The molecule has 2 aromatic carbocycles. The Kier molecular flexibility index (Phi) is 5.56. The van der Waals surface area contributed by atoms with Crippen molar-refractivity contribution in [3.05, 3.63) is 53.6 Å². The fourth-order valence-electron chi connectivity index (χ4n) is 3.15. The molecule has 0 bridgehead atoms. The SMILES string of the molecule is Cc1ccc(C)c(NC(=O)CC(=O)Nc2ccc(N3CCCC3)cc2)c1. The summed E-state index contributed by atoms with van der Waals surface area (Å²) in [5, 5.41) is 5.59. The molecule has 1 aliphatic heterocycles. The molecule has 2 aromatic rings. The maximum absolute atomic E-state index is 12.1. The molecule has 0 spiro atoms. The van der Waals surface area contributed by atoms with E-state index in [1.807, 2.05) is 56.3 Å². The van der Waals surface area contributed by atoms with Gasteiger partial charge in [0.1, 0.15) is 6.42 Å². The van der Waals surface area contributed by atoms with Crippen molar-refractivity contribution in [2.45, 2.75) is 33.1 Å². The topological polar surface area (TPSA) is 61.4 Å². The number of anilines is 3. The van der Waals surface area contributed by atoms with E-state index in [2.05, 4.69) is 15.5 Å². The van der Waals surface area contributed by atoms with Crippen molar-refractivity contribution in [2.24, 2.45) is 0 Å². The highest BCUT2D eigenvalue weighted by atomic mass is 16.2. The summed E-state index contributed by atoms with van der Waals surface area (Å²) < 4.78 is 0. The molecule has 0 atom stereocenters. The van der Waals surface area contributed by atoms with Gasteiger partial charge in [-0.15, -0.1) is 0 Å². The van der Waals surface area contributed by atoms with Crippen molar-refractivity contribution in [3.8, 4) is 0 Å². The fraction of sp³-hybridized carbons (Fsp3) is 0.333. The molecule has 1 aliphatic rings. The van der Waals surface area contributed by atoms with E-state index in [-0.39, 0.29) is 18.2 Å². The maximum Gasteiger partial charge on any atom is 0.233 e. The van der Waals surface area contributed by atoms with Crippen LogP contribution in [0.3, 0.4) is 0 Å². The molecule has 0 aliphatic carbocycles. The molecule has 3 rings (SSSR count). The second kappa shape index (κ2) is 8.04. The minimum absolute atomic E-state index is 0.207. The van der Waals surface area contributed by atoms with E-state index in [0.717, 1.165) is 29.9 Å². The van der Waals surface area contributed by atoms with Crippen LogP contribution in [0, 0.1) is 13.8 Å². The molecule has 0 unspecified atom stereocenters. The number of nitrogens with zero attached hydrogens (tertiary/aromatic N) is 1. The van der Waals surface area contributed by atoms with Crippen LogP contribution in [0.25, 0.3) is 0 Å². The van der Waals surface area contributed by atoms with Crippen molar-refractivity contribution in [3.63, 3.8) is 0 Å². The Morgan fingerprint density at radius 1 is 0.923 bits per heavy atom. The zero-order chi connectivity index (χ0) is 18.5. The number of amides is 2. The van der Waals surface area contributed by atoms with Gasteiger partial charge in [0.15, 0.2) is 0 Å². The standard InChI is InChI=1S/C21H25N3O2/c1-15-5-6-16(2)19(13-15)23-21(26)14-20(25)22-17-7-9-18(10-8-17)24-11-3-4-12-24/h5-10,13H,3-4,11-12,14H2,1-2H3,(H,22,25)(H,23,26). The number of benzene rings is 2. The van der Waals surface area contributed by atoms with Crippen LogP contribution >= 0.6 is 0 Å². The number of rotatable bonds is 5. The summed E-state index contributed by atoms with van der Waals surface area (Å²) in [4.78, 5) is 26.6. The van der Waals surface area contributed by atoms with Crippen molar-refractivity contribution >= 4 is 28.9 Å². The Labute approximate surface area is 154 Å². The zero-order valence-corrected chi connectivity index (χ0v) is 15.3. The highest BCUT2D eigenvalue weighted by Gasteiger charge is 2.13. The van der Waals surface area contributed by atoms with Gasteiger partial charge < -0.3 is 15.5 Å². The van der Waals surface area contributed by atoms with E-state index in [1.54, 1.807) is 0 Å². The number of aryl methyl sites for hydroxylation is 2. The van der Waals surface area contributed by atoms with Crippen molar-refractivity contribution in [1.29, 1.82) is 0 Å². The highest BCUT2D eigenvalue weighted by molar-refractivity contribution is 6.08. The lowest BCUT2D eigenvalue weighted by molar-refractivity contribution is -0.123. The van der Waals surface area contributed by atoms with E-state index in [4.69, 9.17) is 0 Å². The lowest BCUT2D eigenvalue weighted by atomic mass is 10.1. The molecule has 0 radical (unpaired) electrons. The molecule has 2 amide bonds. The summed E-state index contributed by atoms with van der Waals surface area (Å²) in [6, 6.07) is 13.6. The lowest BCUT2D eigenvalue weighted by Gasteiger charge is -2.17. The summed E-state index contributed by atoms with van der Waals surface area (Å²) in [6.07, 6.45) is 2.25. The van der Waals surface area contributed by atoms with Crippen molar-refractivity contribution in [2.75, 3.05) is 28.6 Å². The Bertz CT molecular complexity index is 793. The first-order valence-electron chi connectivity index (χ1n) is 9.03. The summed E-state index contributed by atoms with van der Waals surface area (Å²) in [6.45, 7) is 6.07. The van der Waals surface area contributed by atoms with Crippen LogP contribution in [0.2, 0.25) is 0 Å². The van der Waals surface area contributed by atoms with Gasteiger partial charge in [-0.1, -0.05) is 12.1 Å². The third kappa shape index (κ3) is 4.63. The first-order valence-corrected chi connectivity index (χ1v) is 9.03. The van der Waals surface area contributed by atoms with Gasteiger partial charge in [0, 0.05) is 30.2 Å². The lowest BCUT2D eigenvalue weighted by Crippen LogP contribution is -2.22. The van der Waals surface area contributed by atoms with Crippen molar-refractivity contribution < 1.29 is 9.59 Å². The monoisotopic (exact) mass is 351 g/mol. The molecule has 0 saturated carbocycles. The van der Waals surface area contributed by atoms with Crippen LogP contribution in [0.15, 0.2) is 42.5 Å². The number of hydrogen-bond acceptors (Lipinski definition) is 3. The van der Waals surface area contributed by atoms with Crippen LogP contribution in [-0.4, -0.2) is 24.9 Å². The highest BCUT2D eigenvalue weighted by Crippen LogP contribution is 2.22. The van der Waals surface area contributed by atoms with Crippen LogP contribution < -0.4 is 15.5 Å². The molecule has 1 saturated heterocycles. The second-order valence-corrected chi connectivity index (χ2v) is 6.83. The van der Waals surface area contributed by atoms with Crippen LogP contribution in [0.5, 0.6) is 0 Å². The summed E-state index contributed by atoms with van der Waals surface area (Å²) in [5.74, 6) is -0.633. The van der Waals surface area contributed by atoms with E-state index in [0.29, 0.717) is 5.69 Å². The smallest absolute Gasteiger partial charge is 0.233 e. The first-order chi connectivity index (χ1) is 12.5. The maximum atomic E-state index is 12.1. The third-order valence-corrected chi connectivity index (χ3v) is 4.61. The number of hydrogen-bond donors (Lipinski definition) is 2. The van der Waals surface area contributed by atoms with Crippen LogP contribution in [0.1, 0.15) is 30.4 Å². The number of nitrogens with one attached hydrogen (secondary N) is 2. The molecule has 26 heavy (non-hydrogen) atoms. The molecule has 2 N–H and O–H groups in total. The Morgan fingerprint density at radius 3 is 2.27 bits per heavy atom. The fourth-order valence-corrected chi connectivity index (χ4v) is 3.15. The van der Waals surface area contributed by atoms with E-state index >= 15 is 0 Å². The van der Waals surface area contributed by atoms with Gasteiger partial charge in [0.25, 0.3) is 0 Å². The van der Waals surface area contributed by atoms with Gasteiger partial charge in [-0.3, -0.25) is 9.59 Å². The van der Waals surface area contributed by atoms with Gasteiger partial charge >= 0.3 is 0 Å². The molecule has 1 heterocycles. The van der Waals surface area contributed by atoms with Gasteiger partial charge in [-0.25, -0.2) is 0 Å². The minimum atomic E-state index is -0.318. The van der Waals surface area contributed by atoms with E-state index < -0.39 is 0 Å². The molecule has 5 heteroatoms. The Balaban J connectivity index is 1.53. The van der Waals surface area contributed by atoms with Crippen LogP contribution in [-0.2, 0) is 9.59 Å². The predicted molar refractivity (Wildman–Crippen MR) is 106 cm³/mol. The molecule has 136 valence electrons. The summed E-state index contributed by atoms with van der Waals surface area (Å²) >= 11 is 0.